The highest BCUT2D eigenvalue weighted by Crippen LogP contribution is 2.29. The number of hydrogen-bond donors (Lipinski definition) is 0. The summed E-state index contributed by atoms with van der Waals surface area (Å²) in [6, 6.07) is 4.92. The smallest absolute Gasteiger partial charge is 0.258 e. The largest absolute Gasteiger partial charge is 0.274 e. The van der Waals surface area contributed by atoms with Crippen LogP contribution in [-0.2, 0) is 5.88 Å². The van der Waals surface area contributed by atoms with Crippen molar-refractivity contribution in [3.63, 3.8) is 0 Å². The predicted octanol–water partition coefficient (Wildman–Crippen LogP) is 3.84. The fourth-order valence-corrected chi connectivity index (χ4v) is 2.16. The van der Waals surface area contributed by atoms with Crippen molar-refractivity contribution in [2.45, 2.75) is 12.8 Å². The van der Waals surface area contributed by atoms with Gasteiger partial charge in [0.1, 0.15) is 5.15 Å². The highest BCUT2D eigenvalue weighted by Gasteiger charge is 2.15. The van der Waals surface area contributed by atoms with E-state index in [1.165, 1.54) is 6.07 Å². The van der Waals surface area contributed by atoms with Gasteiger partial charge in [0.25, 0.3) is 5.69 Å². The van der Waals surface area contributed by atoms with E-state index in [4.69, 9.17) is 23.2 Å². The molecule has 4 nitrogen and oxygen atoms in total. The molecule has 2 rings (SSSR count). The number of fused-ring (bicyclic) bond motifs is 1. The second kappa shape index (κ2) is 4.47. The molecule has 0 unspecified atom stereocenters. The first-order valence-corrected chi connectivity index (χ1v) is 5.75. The number of pyridine rings is 1. The summed E-state index contributed by atoms with van der Waals surface area (Å²) in [6.45, 7) is 1.66. The number of nitro groups is 1. The number of halogens is 2. The first kappa shape index (κ1) is 12.1. The van der Waals surface area contributed by atoms with E-state index < -0.39 is 4.92 Å². The zero-order chi connectivity index (χ0) is 12.6. The molecule has 0 aliphatic rings. The fraction of sp³-hybridized carbons (Fsp3) is 0.182. The van der Waals surface area contributed by atoms with Gasteiger partial charge in [0, 0.05) is 17.0 Å². The summed E-state index contributed by atoms with van der Waals surface area (Å²) in [5.41, 5.74) is 1.81. The Kier molecular flexibility index (Phi) is 3.17. The maximum atomic E-state index is 10.8. The van der Waals surface area contributed by atoms with Crippen molar-refractivity contribution in [1.29, 1.82) is 0 Å². The number of aryl methyl sites for hydroxylation is 1. The van der Waals surface area contributed by atoms with Crippen molar-refractivity contribution in [2.24, 2.45) is 0 Å². The number of aromatic nitrogens is 1. The van der Waals surface area contributed by atoms with Crippen molar-refractivity contribution in [3.05, 3.63) is 44.6 Å². The van der Waals surface area contributed by atoms with Gasteiger partial charge in [-0.2, -0.15) is 0 Å². The minimum atomic E-state index is -0.431. The van der Waals surface area contributed by atoms with Gasteiger partial charge in [-0.05, 0) is 19.1 Å². The lowest BCUT2D eigenvalue weighted by Gasteiger charge is -2.05. The van der Waals surface area contributed by atoms with E-state index in [1.807, 2.05) is 0 Å². The van der Waals surface area contributed by atoms with Crippen LogP contribution in [0.5, 0.6) is 0 Å². The number of hydrogen-bond acceptors (Lipinski definition) is 3. The van der Waals surface area contributed by atoms with Gasteiger partial charge in [-0.25, -0.2) is 4.98 Å². The quantitative estimate of drug-likeness (QED) is 0.361. The van der Waals surface area contributed by atoms with Crippen LogP contribution in [0.3, 0.4) is 0 Å². The summed E-state index contributed by atoms with van der Waals surface area (Å²) < 4.78 is 0. The Morgan fingerprint density at radius 2 is 2.18 bits per heavy atom. The Hall–Kier alpha value is -1.39. The highest BCUT2D eigenvalue weighted by atomic mass is 35.5. The lowest BCUT2D eigenvalue weighted by Crippen LogP contribution is -1.95. The van der Waals surface area contributed by atoms with E-state index in [0.717, 1.165) is 5.39 Å². The summed E-state index contributed by atoms with van der Waals surface area (Å²) in [5.74, 6) is 0.262. The van der Waals surface area contributed by atoms with Gasteiger partial charge >= 0.3 is 0 Å². The predicted molar refractivity (Wildman–Crippen MR) is 67.7 cm³/mol. The van der Waals surface area contributed by atoms with Crippen LogP contribution in [0.4, 0.5) is 5.69 Å². The molecule has 0 amide bonds. The molecule has 0 spiro atoms. The summed E-state index contributed by atoms with van der Waals surface area (Å²) in [5, 5.41) is 11.9. The number of nitro benzene ring substituents is 1. The SMILES string of the molecule is Cc1c([N+](=O)[O-])ccc2cc(CCl)c(Cl)nc12. The van der Waals surface area contributed by atoms with Crippen molar-refractivity contribution < 1.29 is 4.92 Å². The van der Waals surface area contributed by atoms with Crippen LogP contribution in [0.2, 0.25) is 5.15 Å². The van der Waals surface area contributed by atoms with Gasteiger partial charge in [-0.15, -0.1) is 11.6 Å². The Balaban J connectivity index is 2.78. The molecule has 2 aromatic rings. The van der Waals surface area contributed by atoms with Crippen LogP contribution in [-0.4, -0.2) is 9.91 Å². The van der Waals surface area contributed by atoms with E-state index in [2.05, 4.69) is 4.98 Å². The molecule has 0 fully saturated rings. The van der Waals surface area contributed by atoms with Crippen LogP contribution in [0.1, 0.15) is 11.1 Å². The summed E-state index contributed by atoms with van der Waals surface area (Å²) in [4.78, 5) is 14.5. The fourth-order valence-electron chi connectivity index (χ4n) is 1.68. The molecule has 0 saturated heterocycles. The van der Waals surface area contributed by atoms with E-state index >= 15 is 0 Å². The van der Waals surface area contributed by atoms with Crippen molar-refractivity contribution in [2.75, 3.05) is 0 Å². The van der Waals surface area contributed by atoms with E-state index in [9.17, 15) is 10.1 Å². The van der Waals surface area contributed by atoms with Crippen molar-refractivity contribution >= 4 is 39.8 Å². The third kappa shape index (κ3) is 2.06. The molecule has 0 atom stereocenters. The van der Waals surface area contributed by atoms with Gasteiger partial charge in [0.2, 0.25) is 0 Å². The standard InChI is InChI=1S/C11H8Cl2N2O2/c1-6-9(15(16)17)3-2-7-4-8(5-12)11(13)14-10(6)7/h2-4H,5H2,1H3. The second-order valence-electron chi connectivity index (χ2n) is 3.61. The topological polar surface area (TPSA) is 56.0 Å². The number of benzene rings is 1. The molecule has 1 aromatic heterocycles. The molecule has 0 radical (unpaired) electrons. The van der Waals surface area contributed by atoms with Crippen LogP contribution < -0.4 is 0 Å². The Morgan fingerprint density at radius 3 is 2.76 bits per heavy atom. The molecule has 0 saturated carbocycles. The molecule has 17 heavy (non-hydrogen) atoms. The highest BCUT2D eigenvalue weighted by molar-refractivity contribution is 6.31. The number of rotatable bonds is 2. The molecule has 88 valence electrons. The van der Waals surface area contributed by atoms with Gasteiger partial charge in [0.05, 0.1) is 21.9 Å². The number of alkyl halides is 1. The van der Waals surface area contributed by atoms with Crippen molar-refractivity contribution in [3.8, 4) is 0 Å². The van der Waals surface area contributed by atoms with Gasteiger partial charge in [0.15, 0.2) is 0 Å². The minimum Gasteiger partial charge on any atom is -0.258 e. The minimum absolute atomic E-state index is 0.0414. The van der Waals surface area contributed by atoms with Crippen LogP contribution in [0.25, 0.3) is 10.9 Å². The molecule has 0 bridgehead atoms. The Labute approximate surface area is 107 Å². The maximum Gasteiger partial charge on any atom is 0.274 e. The van der Waals surface area contributed by atoms with Gasteiger partial charge in [-0.3, -0.25) is 10.1 Å². The van der Waals surface area contributed by atoms with Gasteiger partial charge < -0.3 is 0 Å². The molecule has 1 heterocycles. The average molecular weight is 271 g/mol. The Morgan fingerprint density at radius 1 is 1.47 bits per heavy atom. The molecule has 0 N–H and O–H groups in total. The van der Waals surface area contributed by atoms with E-state index in [1.54, 1.807) is 19.1 Å². The third-order valence-electron chi connectivity index (χ3n) is 2.58. The number of nitrogens with zero attached hydrogens (tertiary/aromatic N) is 2. The van der Waals surface area contributed by atoms with Crippen LogP contribution in [0.15, 0.2) is 18.2 Å². The first-order chi connectivity index (χ1) is 8.04. The summed E-state index contributed by atoms with van der Waals surface area (Å²) >= 11 is 11.7. The normalized spacial score (nSPS) is 10.8. The van der Waals surface area contributed by atoms with Gasteiger partial charge in [-0.1, -0.05) is 11.6 Å². The molecule has 0 aliphatic carbocycles. The van der Waals surface area contributed by atoms with Crippen molar-refractivity contribution in [1.82, 2.24) is 4.98 Å². The second-order valence-corrected chi connectivity index (χ2v) is 4.24. The maximum absolute atomic E-state index is 10.8. The summed E-state index contributed by atoms with van der Waals surface area (Å²) in [7, 11) is 0. The van der Waals surface area contributed by atoms with E-state index in [0.29, 0.717) is 16.6 Å². The average Bonchev–Trinajstić information content (AvgIpc) is 2.29. The van der Waals surface area contributed by atoms with Crippen LogP contribution in [0, 0.1) is 17.0 Å². The summed E-state index contributed by atoms with van der Waals surface area (Å²) in [6.07, 6.45) is 0. The molecular formula is C11H8Cl2N2O2. The lowest BCUT2D eigenvalue weighted by atomic mass is 10.1. The monoisotopic (exact) mass is 270 g/mol. The molecule has 0 aliphatic heterocycles. The Bertz CT molecular complexity index is 614. The van der Waals surface area contributed by atoms with Crippen LogP contribution >= 0.6 is 23.2 Å². The zero-order valence-electron chi connectivity index (χ0n) is 8.91. The zero-order valence-corrected chi connectivity index (χ0v) is 10.4. The lowest BCUT2D eigenvalue weighted by molar-refractivity contribution is -0.385. The molecule has 6 heteroatoms. The molecule has 1 aromatic carbocycles. The van der Waals surface area contributed by atoms with E-state index in [-0.39, 0.29) is 16.7 Å². The molecular weight excluding hydrogens is 263 g/mol. The first-order valence-electron chi connectivity index (χ1n) is 4.83. The third-order valence-corrected chi connectivity index (χ3v) is 3.19.